The molecule has 1 aliphatic heterocycles. The lowest BCUT2D eigenvalue weighted by Crippen LogP contribution is -2.29. The molecule has 3 rings (SSSR count). The van der Waals surface area contributed by atoms with E-state index in [1.54, 1.807) is 6.92 Å². The Balaban J connectivity index is 2.00. The van der Waals surface area contributed by atoms with Crippen molar-refractivity contribution >= 4 is 27.7 Å². The van der Waals surface area contributed by atoms with Crippen molar-refractivity contribution in [2.24, 2.45) is 11.8 Å². The first-order chi connectivity index (χ1) is 7.58. The van der Waals surface area contributed by atoms with Gasteiger partial charge >= 0.3 is 0 Å². The number of rotatable bonds is 1. The van der Waals surface area contributed by atoms with Gasteiger partial charge in [0.1, 0.15) is 0 Å². The summed E-state index contributed by atoms with van der Waals surface area (Å²) in [7, 11) is 0. The first-order valence-corrected chi connectivity index (χ1v) is 6.01. The summed E-state index contributed by atoms with van der Waals surface area (Å²) in [5, 5.41) is 0. The largest absolute Gasteiger partial charge is 0.294 e. The summed E-state index contributed by atoms with van der Waals surface area (Å²) < 4.78 is 14.3. The predicted octanol–water partition coefficient (Wildman–Crippen LogP) is 2.27. The zero-order chi connectivity index (χ0) is 11.4. The van der Waals surface area contributed by atoms with E-state index < -0.39 is 5.82 Å². The van der Waals surface area contributed by atoms with Gasteiger partial charge in [-0.05, 0) is 41.3 Å². The average molecular weight is 285 g/mol. The molecule has 5 heteroatoms. The summed E-state index contributed by atoms with van der Waals surface area (Å²) in [6.07, 6.45) is 0.965. The van der Waals surface area contributed by atoms with Gasteiger partial charge in [0, 0.05) is 16.9 Å². The molecule has 1 aromatic heterocycles. The highest BCUT2D eigenvalue weighted by Crippen LogP contribution is 2.47. The van der Waals surface area contributed by atoms with Crippen LogP contribution in [0.15, 0.2) is 10.5 Å². The molecule has 0 radical (unpaired) electrons. The van der Waals surface area contributed by atoms with Crippen LogP contribution in [0.2, 0.25) is 0 Å². The number of aryl methyl sites for hydroxylation is 1. The van der Waals surface area contributed by atoms with Crippen LogP contribution in [0, 0.1) is 24.6 Å². The molecular formula is C11H10BrFN2O. The Hall–Kier alpha value is -0.970. The maximum absolute atomic E-state index is 13.7. The van der Waals surface area contributed by atoms with E-state index in [1.807, 2.05) is 0 Å². The average Bonchev–Trinajstić information content (AvgIpc) is 2.93. The van der Waals surface area contributed by atoms with Crippen LogP contribution in [0.1, 0.15) is 12.1 Å². The van der Waals surface area contributed by atoms with Crippen LogP contribution in [0.5, 0.6) is 0 Å². The number of fused-ring (bicyclic) bond motifs is 1. The van der Waals surface area contributed by atoms with Crippen molar-refractivity contribution in [2.75, 3.05) is 11.4 Å². The zero-order valence-electron chi connectivity index (χ0n) is 8.70. The van der Waals surface area contributed by atoms with Crippen molar-refractivity contribution < 1.29 is 9.18 Å². The van der Waals surface area contributed by atoms with Gasteiger partial charge in [-0.2, -0.15) is 0 Å². The first-order valence-electron chi connectivity index (χ1n) is 5.22. The molecule has 1 aliphatic carbocycles. The normalized spacial score (nSPS) is 27.2. The van der Waals surface area contributed by atoms with Crippen LogP contribution < -0.4 is 4.90 Å². The van der Waals surface area contributed by atoms with Crippen LogP contribution in [-0.2, 0) is 4.79 Å². The Morgan fingerprint density at radius 2 is 2.38 bits per heavy atom. The lowest BCUT2D eigenvalue weighted by Gasteiger charge is -2.18. The predicted molar refractivity (Wildman–Crippen MR) is 60.6 cm³/mol. The summed E-state index contributed by atoms with van der Waals surface area (Å²) in [6, 6.07) is 1.37. The Bertz CT molecular complexity index is 491. The van der Waals surface area contributed by atoms with Gasteiger partial charge in [0.25, 0.3) is 0 Å². The van der Waals surface area contributed by atoms with Crippen molar-refractivity contribution in [3.63, 3.8) is 0 Å². The van der Waals surface area contributed by atoms with Gasteiger partial charge in [0.05, 0.1) is 5.69 Å². The second kappa shape index (κ2) is 3.26. The van der Waals surface area contributed by atoms with Crippen molar-refractivity contribution in [1.82, 2.24) is 4.98 Å². The van der Waals surface area contributed by atoms with E-state index in [2.05, 4.69) is 20.9 Å². The minimum Gasteiger partial charge on any atom is -0.294 e. The second-order valence-electron chi connectivity index (χ2n) is 4.41. The second-order valence-corrected chi connectivity index (χ2v) is 5.27. The van der Waals surface area contributed by atoms with E-state index in [9.17, 15) is 9.18 Å². The molecule has 16 heavy (non-hydrogen) atoms. The smallest absolute Gasteiger partial charge is 0.231 e. The molecule has 1 saturated heterocycles. The molecular weight excluding hydrogens is 275 g/mol. The molecule has 2 heterocycles. The van der Waals surface area contributed by atoms with E-state index in [0.717, 1.165) is 6.42 Å². The van der Waals surface area contributed by atoms with Crippen molar-refractivity contribution in [1.29, 1.82) is 0 Å². The molecule has 2 atom stereocenters. The number of anilines is 1. The monoisotopic (exact) mass is 284 g/mol. The quantitative estimate of drug-likeness (QED) is 0.793. The number of halogens is 2. The third kappa shape index (κ3) is 1.38. The standard InChI is InChI=1S/C11H10BrFN2O/c1-5-8(12)3-9(13)10(14-5)15-4-6-2-7(6)11(15)16/h3,6-7H,2,4H2,1H3. The minimum absolute atomic E-state index is 0.0260. The molecule has 2 aliphatic rings. The molecule has 3 nitrogen and oxygen atoms in total. The number of amides is 1. The van der Waals surface area contributed by atoms with Gasteiger partial charge in [-0.15, -0.1) is 0 Å². The molecule has 0 aromatic carbocycles. The molecule has 2 unspecified atom stereocenters. The summed E-state index contributed by atoms with van der Waals surface area (Å²) in [5.41, 5.74) is 0.699. The highest BCUT2D eigenvalue weighted by molar-refractivity contribution is 9.10. The van der Waals surface area contributed by atoms with Crippen LogP contribution in [0.3, 0.4) is 0 Å². The van der Waals surface area contributed by atoms with Gasteiger partial charge < -0.3 is 0 Å². The number of aromatic nitrogens is 1. The maximum atomic E-state index is 13.7. The Kier molecular flexibility index (Phi) is 2.08. The third-order valence-electron chi connectivity index (χ3n) is 3.26. The zero-order valence-corrected chi connectivity index (χ0v) is 10.3. The molecule has 1 amide bonds. The van der Waals surface area contributed by atoms with E-state index in [4.69, 9.17) is 0 Å². The van der Waals surface area contributed by atoms with Gasteiger partial charge in [-0.25, -0.2) is 9.37 Å². The molecule has 0 N–H and O–H groups in total. The topological polar surface area (TPSA) is 33.2 Å². The highest BCUT2D eigenvalue weighted by Gasteiger charge is 2.53. The first kappa shape index (κ1) is 10.2. The molecule has 1 saturated carbocycles. The lowest BCUT2D eigenvalue weighted by molar-refractivity contribution is -0.118. The number of carbonyl (C=O) groups is 1. The fraction of sp³-hybridized carbons (Fsp3) is 0.455. The SMILES string of the molecule is Cc1nc(N2CC3CC3C2=O)c(F)cc1Br. The number of nitrogens with zero attached hydrogens (tertiary/aromatic N) is 2. The fourth-order valence-electron chi connectivity index (χ4n) is 2.20. The van der Waals surface area contributed by atoms with Crippen molar-refractivity contribution in [3.8, 4) is 0 Å². The number of pyridine rings is 1. The van der Waals surface area contributed by atoms with Crippen LogP contribution in [0.4, 0.5) is 10.2 Å². The van der Waals surface area contributed by atoms with Crippen LogP contribution in [-0.4, -0.2) is 17.4 Å². The van der Waals surface area contributed by atoms with Gasteiger partial charge in [0.2, 0.25) is 5.91 Å². The maximum Gasteiger partial charge on any atom is 0.231 e. The van der Waals surface area contributed by atoms with Gasteiger partial charge in [-0.1, -0.05) is 0 Å². The van der Waals surface area contributed by atoms with Gasteiger partial charge in [-0.3, -0.25) is 9.69 Å². The van der Waals surface area contributed by atoms with E-state index in [-0.39, 0.29) is 17.6 Å². The Morgan fingerprint density at radius 1 is 1.62 bits per heavy atom. The molecule has 84 valence electrons. The van der Waals surface area contributed by atoms with E-state index in [1.165, 1.54) is 11.0 Å². The summed E-state index contributed by atoms with van der Waals surface area (Å²) in [4.78, 5) is 17.4. The number of hydrogen-bond donors (Lipinski definition) is 0. The molecule has 1 aromatic rings. The van der Waals surface area contributed by atoms with E-state index >= 15 is 0 Å². The fourth-order valence-corrected chi connectivity index (χ4v) is 2.49. The summed E-state index contributed by atoms with van der Waals surface area (Å²) in [6.45, 7) is 2.41. The molecule has 2 fully saturated rings. The van der Waals surface area contributed by atoms with Crippen molar-refractivity contribution in [3.05, 3.63) is 22.1 Å². The van der Waals surface area contributed by atoms with Crippen LogP contribution in [0.25, 0.3) is 0 Å². The minimum atomic E-state index is -0.438. The summed E-state index contributed by atoms with van der Waals surface area (Å²) in [5.74, 6) is 0.325. The van der Waals surface area contributed by atoms with Crippen LogP contribution >= 0.6 is 15.9 Å². The Morgan fingerprint density at radius 3 is 3.00 bits per heavy atom. The van der Waals surface area contributed by atoms with E-state index in [0.29, 0.717) is 22.6 Å². The number of piperidine rings is 1. The van der Waals surface area contributed by atoms with Gasteiger partial charge in [0.15, 0.2) is 11.6 Å². The number of hydrogen-bond acceptors (Lipinski definition) is 2. The summed E-state index contributed by atoms with van der Waals surface area (Å²) >= 11 is 3.22. The Labute approximate surface area is 101 Å². The number of carbonyl (C=O) groups excluding carboxylic acids is 1. The highest BCUT2D eigenvalue weighted by atomic mass is 79.9. The third-order valence-corrected chi connectivity index (χ3v) is 4.07. The lowest BCUT2D eigenvalue weighted by atomic mass is 10.3. The van der Waals surface area contributed by atoms with Crippen molar-refractivity contribution in [2.45, 2.75) is 13.3 Å². The molecule has 0 spiro atoms. The molecule has 0 bridgehead atoms.